The summed E-state index contributed by atoms with van der Waals surface area (Å²) in [7, 11) is -4.38. The lowest BCUT2D eigenvalue weighted by atomic mass is 9.99. The minimum absolute atomic E-state index is 0.0651. The second-order valence-electron chi connectivity index (χ2n) is 13.5. The van der Waals surface area contributed by atoms with Crippen molar-refractivity contribution in [2.75, 3.05) is 19.5 Å². The van der Waals surface area contributed by atoms with Crippen molar-refractivity contribution in [2.24, 2.45) is 0 Å². The molecular formula is C37H47NO8S2Si. The standard InChI is InChI=1S/C37H47NO8S2Si/c1-27-34(37(39)42-2)47-35-33(45-25-30-19-13-8-14-20-30)32(44-24-29-17-11-7-12-18-29)31(26-43-23-28-15-9-6-10-16-28)46-36(35)38(27)48(40,41)21-22-49(3,4)5/h6-20,31-33,35-36H,21-26H2,1-5H3/t31-,32-,33+,35-,36+/m1/s1. The summed E-state index contributed by atoms with van der Waals surface area (Å²) >= 11 is 1.23. The number of carbonyl (C=O) groups excluding carboxylic acids is 1. The molecule has 0 radical (unpaired) electrons. The molecule has 2 aliphatic heterocycles. The Morgan fingerprint density at radius 3 is 1.84 bits per heavy atom. The van der Waals surface area contributed by atoms with Gasteiger partial charge in [-0.05, 0) is 29.7 Å². The fraction of sp³-hybridized carbons (Fsp3) is 0.432. The third-order valence-electron chi connectivity index (χ3n) is 8.50. The number of benzene rings is 3. The first-order valence-electron chi connectivity index (χ1n) is 16.5. The molecule has 1 fully saturated rings. The van der Waals surface area contributed by atoms with E-state index in [1.807, 2.05) is 91.0 Å². The van der Waals surface area contributed by atoms with Crippen molar-refractivity contribution < 1.29 is 36.9 Å². The maximum Gasteiger partial charge on any atom is 0.346 e. The van der Waals surface area contributed by atoms with E-state index in [0.29, 0.717) is 12.7 Å². The Kier molecular flexibility index (Phi) is 12.8. The molecular weight excluding hydrogens is 679 g/mol. The van der Waals surface area contributed by atoms with Gasteiger partial charge in [-0.15, -0.1) is 11.8 Å². The Hall–Kier alpha value is -2.97. The quantitative estimate of drug-likeness (QED) is 0.127. The number of sulfonamides is 1. The van der Waals surface area contributed by atoms with Gasteiger partial charge in [-0.1, -0.05) is 111 Å². The van der Waals surface area contributed by atoms with Crippen molar-refractivity contribution in [2.45, 2.75) is 82.2 Å². The van der Waals surface area contributed by atoms with Crippen LogP contribution in [0.1, 0.15) is 23.6 Å². The first-order valence-corrected chi connectivity index (χ1v) is 22.7. The number of ether oxygens (including phenoxy) is 5. The van der Waals surface area contributed by atoms with E-state index in [2.05, 4.69) is 19.6 Å². The average Bonchev–Trinajstić information content (AvgIpc) is 3.09. The molecule has 0 spiro atoms. The highest BCUT2D eigenvalue weighted by Gasteiger charge is 2.55. The zero-order valence-corrected chi connectivity index (χ0v) is 31.5. The van der Waals surface area contributed by atoms with Crippen LogP contribution < -0.4 is 0 Å². The molecule has 5 rings (SSSR count). The molecule has 49 heavy (non-hydrogen) atoms. The molecule has 0 aromatic heterocycles. The fourth-order valence-electron chi connectivity index (χ4n) is 5.84. The number of methoxy groups -OCH3 is 1. The SMILES string of the molecule is COC(=O)C1=C(C)N(S(=O)(=O)CC[Si](C)(C)C)[C@H]2O[C@H](COCc3ccccc3)[C@@H](OCc3ccccc3)[C@H](OCc3ccccc3)[C@H]2S1. The number of rotatable bonds is 15. The van der Waals surface area contributed by atoms with Crippen molar-refractivity contribution in [1.29, 1.82) is 0 Å². The van der Waals surface area contributed by atoms with Crippen LogP contribution in [0.2, 0.25) is 25.7 Å². The zero-order chi connectivity index (χ0) is 35.0. The van der Waals surface area contributed by atoms with Crippen LogP contribution in [0.5, 0.6) is 0 Å². The molecule has 0 amide bonds. The molecule has 0 N–H and O–H groups in total. The molecule has 3 aromatic carbocycles. The molecule has 0 unspecified atom stereocenters. The van der Waals surface area contributed by atoms with Gasteiger partial charge in [-0.2, -0.15) is 0 Å². The summed E-state index contributed by atoms with van der Waals surface area (Å²) in [6.45, 7) is 9.05. The number of nitrogens with zero attached hydrogens (tertiary/aromatic N) is 1. The number of thioether (sulfide) groups is 1. The molecule has 0 saturated carbocycles. The maximum atomic E-state index is 14.3. The number of fused-ring (bicyclic) bond motifs is 1. The largest absolute Gasteiger partial charge is 0.465 e. The van der Waals surface area contributed by atoms with Gasteiger partial charge in [0.2, 0.25) is 10.0 Å². The lowest BCUT2D eigenvalue weighted by Gasteiger charge is -2.51. The number of esters is 1. The van der Waals surface area contributed by atoms with Crippen LogP contribution in [-0.4, -0.2) is 76.0 Å². The van der Waals surface area contributed by atoms with Gasteiger partial charge in [0, 0.05) is 13.8 Å². The van der Waals surface area contributed by atoms with Gasteiger partial charge in [0.15, 0.2) is 6.23 Å². The Balaban J connectivity index is 1.55. The van der Waals surface area contributed by atoms with Crippen molar-refractivity contribution in [1.82, 2.24) is 4.31 Å². The van der Waals surface area contributed by atoms with Crippen molar-refractivity contribution in [3.63, 3.8) is 0 Å². The summed E-state index contributed by atoms with van der Waals surface area (Å²) in [5, 5.41) is -0.658. The Morgan fingerprint density at radius 2 is 1.33 bits per heavy atom. The Morgan fingerprint density at radius 1 is 0.816 bits per heavy atom. The van der Waals surface area contributed by atoms with E-state index in [9.17, 15) is 13.2 Å². The second-order valence-corrected chi connectivity index (χ2v) is 22.3. The van der Waals surface area contributed by atoms with Gasteiger partial charge >= 0.3 is 5.97 Å². The van der Waals surface area contributed by atoms with Gasteiger partial charge < -0.3 is 23.7 Å². The van der Waals surface area contributed by atoms with Crippen molar-refractivity contribution in [3.05, 3.63) is 118 Å². The first kappa shape index (κ1) is 37.3. The summed E-state index contributed by atoms with van der Waals surface area (Å²) in [6, 6.07) is 30.0. The Labute approximate surface area is 296 Å². The van der Waals surface area contributed by atoms with Gasteiger partial charge in [-0.3, -0.25) is 0 Å². The molecule has 5 atom stereocenters. The summed E-state index contributed by atoms with van der Waals surface area (Å²) in [5.74, 6) is -0.673. The summed E-state index contributed by atoms with van der Waals surface area (Å²) < 4.78 is 61.5. The topological polar surface area (TPSA) is 101 Å². The van der Waals surface area contributed by atoms with Crippen molar-refractivity contribution >= 4 is 35.8 Å². The van der Waals surface area contributed by atoms with Crippen molar-refractivity contribution in [3.8, 4) is 0 Å². The minimum atomic E-state index is -3.93. The fourth-order valence-corrected chi connectivity index (χ4v) is 12.0. The highest BCUT2D eigenvalue weighted by molar-refractivity contribution is 8.04. The number of allylic oxidation sites excluding steroid dienone is 1. The monoisotopic (exact) mass is 725 g/mol. The summed E-state index contributed by atoms with van der Waals surface area (Å²) in [6.07, 6.45) is -3.04. The summed E-state index contributed by atoms with van der Waals surface area (Å²) in [5.41, 5.74) is 3.20. The molecule has 1 saturated heterocycles. The number of hydrogen-bond acceptors (Lipinski definition) is 9. The van der Waals surface area contributed by atoms with E-state index in [1.165, 1.54) is 23.2 Å². The van der Waals surface area contributed by atoms with Gasteiger partial charge in [0.25, 0.3) is 0 Å². The lowest BCUT2D eigenvalue weighted by Crippen LogP contribution is -2.65. The van der Waals surface area contributed by atoms with Crippen LogP contribution in [0.15, 0.2) is 102 Å². The molecule has 9 nitrogen and oxygen atoms in total. The second kappa shape index (κ2) is 16.8. The molecule has 0 bridgehead atoms. The third-order valence-corrected chi connectivity index (χ3v) is 13.9. The zero-order valence-electron chi connectivity index (χ0n) is 28.8. The predicted octanol–water partition coefficient (Wildman–Crippen LogP) is 6.59. The van der Waals surface area contributed by atoms with E-state index in [0.717, 1.165) is 16.7 Å². The van der Waals surface area contributed by atoms with Crippen LogP contribution in [0, 0.1) is 0 Å². The average molecular weight is 726 g/mol. The highest BCUT2D eigenvalue weighted by atomic mass is 32.2. The molecule has 3 aromatic rings. The van der Waals surface area contributed by atoms with Crippen LogP contribution in [0.3, 0.4) is 0 Å². The smallest absolute Gasteiger partial charge is 0.346 e. The molecule has 264 valence electrons. The summed E-state index contributed by atoms with van der Waals surface area (Å²) in [4.78, 5) is 13.4. The van der Waals surface area contributed by atoms with E-state index in [-0.39, 0.29) is 36.2 Å². The van der Waals surface area contributed by atoms with Gasteiger partial charge in [0.1, 0.15) is 23.2 Å². The third kappa shape index (κ3) is 9.84. The first-order chi connectivity index (χ1) is 23.5. The molecule has 2 aliphatic rings. The van der Waals surface area contributed by atoms with Crippen LogP contribution in [0.25, 0.3) is 0 Å². The van der Waals surface area contributed by atoms with E-state index < -0.39 is 53.9 Å². The normalized spacial score (nSPS) is 22.9. The lowest BCUT2D eigenvalue weighted by molar-refractivity contribution is -0.232. The maximum absolute atomic E-state index is 14.3. The van der Waals surface area contributed by atoms with Crippen LogP contribution >= 0.6 is 11.8 Å². The van der Waals surface area contributed by atoms with E-state index >= 15 is 0 Å². The molecule has 12 heteroatoms. The van der Waals surface area contributed by atoms with E-state index in [1.54, 1.807) is 6.92 Å². The van der Waals surface area contributed by atoms with Gasteiger partial charge in [0.05, 0.1) is 44.5 Å². The molecule has 0 aliphatic carbocycles. The van der Waals surface area contributed by atoms with E-state index in [4.69, 9.17) is 23.7 Å². The Bertz CT molecular complexity index is 1650. The highest BCUT2D eigenvalue weighted by Crippen LogP contribution is 2.46. The van der Waals surface area contributed by atoms with Crippen LogP contribution in [-0.2, 0) is 58.3 Å². The van der Waals surface area contributed by atoms with Crippen LogP contribution in [0.4, 0.5) is 0 Å². The predicted molar refractivity (Wildman–Crippen MR) is 195 cm³/mol. The number of carbonyl (C=O) groups is 1. The molecule has 2 heterocycles. The van der Waals surface area contributed by atoms with Gasteiger partial charge in [-0.25, -0.2) is 17.5 Å². The minimum Gasteiger partial charge on any atom is -0.465 e. The number of hydrogen-bond donors (Lipinski definition) is 0.